The van der Waals surface area contributed by atoms with Gasteiger partial charge in [-0.15, -0.1) is 0 Å². The number of amides is 1. The summed E-state index contributed by atoms with van der Waals surface area (Å²) >= 11 is 3.29. The Bertz CT molecular complexity index is 1110. The Balaban J connectivity index is 1.57. The van der Waals surface area contributed by atoms with Gasteiger partial charge in [-0.2, -0.15) is 22.7 Å². The van der Waals surface area contributed by atoms with Crippen LogP contribution in [0.15, 0.2) is 51.9 Å². The van der Waals surface area contributed by atoms with Crippen molar-refractivity contribution in [1.82, 2.24) is 15.3 Å². The molecule has 1 aliphatic carbocycles. The third-order valence-corrected chi connectivity index (χ3v) is 6.57. The first-order valence-corrected chi connectivity index (χ1v) is 11.3. The van der Waals surface area contributed by atoms with Gasteiger partial charge in [0.2, 0.25) is 0 Å². The summed E-state index contributed by atoms with van der Waals surface area (Å²) in [5.74, 6) is -0.0189. The van der Waals surface area contributed by atoms with E-state index >= 15 is 0 Å². The van der Waals surface area contributed by atoms with Crippen molar-refractivity contribution < 1.29 is 4.79 Å². The van der Waals surface area contributed by atoms with E-state index in [1.54, 1.807) is 22.7 Å². The van der Waals surface area contributed by atoms with E-state index in [1.165, 1.54) is 12.8 Å². The van der Waals surface area contributed by atoms with E-state index in [9.17, 15) is 4.79 Å². The predicted octanol–water partition coefficient (Wildman–Crippen LogP) is 5.76. The summed E-state index contributed by atoms with van der Waals surface area (Å²) in [6, 6.07) is 10.0. The van der Waals surface area contributed by atoms with Crippen LogP contribution in [-0.4, -0.2) is 21.9 Å². The third-order valence-electron chi connectivity index (χ3n) is 5.21. The summed E-state index contributed by atoms with van der Waals surface area (Å²) in [7, 11) is 0. The third kappa shape index (κ3) is 3.34. The molecule has 1 aliphatic rings. The van der Waals surface area contributed by atoms with Crippen molar-refractivity contribution in [2.45, 2.75) is 31.7 Å². The molecule has 0 aliphatic heterocycles. The van der Waals surface area contributed by atoms with E-state index in [-0.39, 0.29) is 5.91 Å². The van der Waals surface area contributed by atoms with Crippen molar-refractivity contribution >= 4 is 39.6 Å². The van der Waals surface area contributed by atoms with Crippen molar-refractivity contribution in [3.05, 3.63) is 57.4 Å². The maximum absolute atomic E-state index is 12.7. The van der Waals surface area contributed by atoms with E-state index in [0.717, 1.165) is 46.4 Å². The molecule has 5 rings (SSSR count). The number of hydrogen-bond donors (Lipinski definition) is 1. The average molecular weight is 406 g/mol. The second-order valence-electron chi connectivity index (χ2n) is 7.10. The number of fused-ring (bicyclic) bond motifs is 1. The summed E-state index contributed by atoms with van der Waals surface area (Å²) in [6.45, 7) is 0. The lowest BCUT2D eigenvalue weighted by Crippen LogP contribution is -2.32. The van der Waals surface area contributed by atoms with Gasteiger partial charge in [0.05, 0.1) is 22.4 Å². The first-order valence-electron chi connectivity index (χ1n) is 9.46. The van der Waals surface area contributed by atoms with E-state index in [4.69, 9.17) is 9.97 Å². The number of nitrogens with zero attached hydrogens (tertiary/aromatic N) is 2. The molecule has 3 heterocycles. The fourth-order valence-electron chi connectivity index (χ4n) is 3.74. The number of carbonyl (C=O) groups is 1. The molecule has 4 nitrogen and oxygen atoms in total. The second kappa shape index (κ2) is 7.45. The molecule has 1 aromatic carbocycles. The van der Waals surface area contributed by atoms with Crippen molar-refractivity contribution in [3.63, 3.8) is 0 Å². The van der Waals surface area contributed by atoms with E-state index in [1.807, 2.05) is 23.6 Å². The minimum Gasteiger partial charge on any atom is -0.349 e. The molecule has 0 radical (unpaired) electrons. The first kappa shape index (κ1) is 17.5. The fourth-order valence-corrected chi connectivity index (χ4v) is 5.02. The van der Waals surface area contributed by atoms with Crippen LogP contribution in [0.25, 0.3) is 33.5 Å². The molecule has 6 heteroatoms. The zero-order valence-corrected chi connectivity index (χ0v) is 16.9. The molecule has 140 valence electrons. The number of carbonyl (C=O) groups excluding carboxylic acids is 1. The van der Waals surface area contributed by atoms with Crippen LogP contribution in [0.3, 0.4) is 0 Å². The van der Waals surface area contributed by atoms with Crippen LogP contribution in [0, 0.1) is 0 Å². The van der Waals surface area contributed by atoms with Crippen LogP contribution >= 0.6 is 22.7 Å². The van der Waals surface area contributed by atoms with Gasteiger partial charge in [0.1, 0.15) is 0 Å². The topological polar surface area (TPSA) is 54.9 Å². The van der Waals surface area contributed by atoms with Crippen molar-refractivity contribution in [1.29, 1.82) is 0 Å². The van der Waals surface area contributed by atoms with Crippen molar-refractivity contribution in [2.75, 3.05) is 0 Å². The van der Waals surface area contributed by atoms with Crippen LogP contribution in [-0.2, 0) is 0 Å². The Kier molecular flexibility index (Phi) is 4.66. The maximum atomic E-state index is 12.7. The minimum absolute atomic E-state index is 0.0189. The molecular weight excluding hydrogens is 386 g/mol. The molecule has 0 saturated heterocycles. The zero-order valence-electron chi connectivity index (χ0n) is 15.2. The van der Waals surface area contributed by atoms with Gasteiger partial charge in [0.15, 0.2) is 0 Å². The van der Waals surface area contributed by atoms with E-state index in [2.05, 4.69) is 33.6 Å². The molecule has 0 unspecified atom stereocenters. The van der Waals surface area contributed by atoms with Gasteiger partial charge < -0.3 is 5.32 Å². The molecule has 1 amide bonds. The SMILES string of the molecule is O=C(NC1CCCC1)c1ccc2nc(-c3ccsc3)c(-c3ccsc3)nc2c1. The van der Waals surface area contributed by atoms with Gasteiger partial charge in [-0.1, -0.05) is 12.8 Å². The number of nitrogens with one attached hydrogen (secondary N) is 1. The molecular formula is C22H19N3OS2. The van der Waals surface area contributed by atoms with Gasteiger partial charge in [0.25, 0.3) is 5.91 Å². The number of benzene rings is 1. The van der Waals surface area contributed by atoms with Gasteiger partial charge in [-0.3, -0.25) is 4.79 Å². The molecule has 4 aromatic rings. The normalized spacial score (nSPS) is 14.6. The largest absolute Gasteiger partial charge is 0.349 e. The van der Waals surface area contributed by atoms with Gasteiger partial charge in [-0.05, 0) is 53.9 Å². The van der Waals surface area contributed by atoms with Crippen LogP contribution < -0.4 is 5.32 Å². The van der Waals surface area contributed by atoms with Crippen LogP contribution in [0.4, 0.5) is 0 Å². The number of rotatable bonds is 4. The molecule has 1 saturated carbocycles. The highest BCUT2D eigenvalue weighted by molar-refractivity contribution is 7.08. The van der Waals surface area contributed by atoms with Gasteiger partial charge in [-0.25, -0.2) is 9.97 Å². The molecule has 0 bridgehead atoms. The Morgan fingerprint density at radius 2 is 1.54 bits per heavy atom. The Morgan fingerprint density at radius 1 is 0.893 bits per heavy atom. The quantitative estimate of drug-likeness (QED) is 0.470. The maximum Gasteiger partial charge on any atom is 0.251 e. The van der Waals surface area contributed by atoms with Crippen LogP contribution in [0.1, 0.15) is 36.0 Å². The first-order chi connectivity index (χ1) is 13.8. The number of aromatic nitrogens is 2. The lowest BCUT2D eigenvalue weighted by molar-refractivity contribution is 0.0938. The van der Waals surface area contributed by atoms with Crippen molar-refractivity contribution in [2.24, 2.45) is 0 Å². The second-order valence-corrected chi connectivity index (χ2v) is 8.66. The number of hydrogen-bond acceptors (Lipinski definition) is 5. The summed E-state index contributed by atoms with van der Waals surface area (Å²) in [5, 5.41) is 11.4. The highest BCUT2D eigenvalue weighted by Crippen LogP contribution is 2.33. The summed E-state index contributed by atoms with van der Waals surface area (Å²) in [6.07, 6.45) is 4.55. The lowest BCUT2D eigenvalue weighted by atomic mass is 10.1. The van der Waals surface area contributed by atoms with Crippen LogP contribution in [0.5, 0.6) is 0 Å². The van der Waals surface area contributed by atoms with E-state index < -0.39 is 0 Å². The minimum atomic E-state index is -0.0189. The highest BCUT2D eigenvalue weighted by Gasteiger charge is 2.19. The van der Waals surface area contributed by atoms with Gasteiger partial charge in [0, 0.05) is 33.5 Å². The Morgan fingerprint density at radius 3 is 2.14 bits per heavy atom. The summed E-state index contributed by atoms with van der Waals surface area (Å²) in [4.78, 5) is 22.5. The highest BCUT2D eigenvalue weighted by atomic mass is 32.1. The molecule has 0 atom stereocenters. The summed E-state index contributed by atoms with van der Waals surface area (Å²) < 4.78 is 0. The van der Waals surface area contributed by atoms with Gasteiger partial charge >= 0.3 is 0 Å². The molecule has 3 aromatic heterocycles. The van der Waals surface area contributed by atoms with Crippen LogP contribution in [0.2, 0.25) is 0 Å². The predicted molar refractivity (Wildman–Crippen MR) is 116 cm³/mol. The number of thiophene rings is 2. The molecule has 1 N–H and O–H groups in total. The standard InChI is InChI=1S/C22H19N3OS2/c26-22(23-17-3-1-2-4-17)14-5-6-18-19(11-14)25-21(16-8-10-28-13-16)20(24-18)15-7-9-27-12-15/h5-13,17H,1-4H2,(H,23,26). The smallest absolute Gasteiger partial charge is 0.251 e. The molecule has 28 heavy (non-hydrogen) atoms. The van der Waals surface area contributed by atoms with Crippen molar-refractivity contribution in [3.8, 4) is 22.5 Å². The molecule has 0 spiro atoms. The average Bonchev–Trinajstić information content (AvgIpc) is 3.50. The fraction of sp³-hybridized carbons (Fsp3) is 0.227. The Labute approximate surface area is 171 Å². The summed E-state index contributed by atoms with van der Waals surface area (Å²) in [5.41, 5.74) is 6.07. The Hall–Kier alpha value is -2.57. The lowest BCUT2D eigenvalue weighted by Gasteiger charge is -2.13. The molecule has 1 fully saturated rings. The van der Waals surface area contributed by atoms with E-state index in [0.29, 0.717) is 11.6 Å². The zero-order chi connectivity index (χ0) is 18.9. The monoisotopic (exact) mass is 405 g/mol.